The molecule has 47 heavy (non-hydrogen) atoms. The standard InChI is InChI=1S/C37H62O10/c1-3-5-7-9-11-13-14-15-16-18-19-21-23-25-32(39)44-28-30(29-45-37-36(43)35(42)34(41)31(27-38)47-37)46-33(40)26-24-22-20-17-12-10-8-6-4-2/h3,6-9,13-14,30-31,34-38,41-43H,1,4-5,10-12,15-29H2,2H3/b8-6+,9-7+,14-13-/t30-,31-,34+,35+,36-,37-/m1/s1. The van der Waals surface area contributed by atoms with Crippen molar-refractivity contribution in [3.8, 4) is 0 Å². The van der Waals surface area contributed by atoms with E-state index in [1.54, 1.807) is 0 Å². The maximum Gasteiger partial charge on any atom is 0.306 e. The summed E-state index contributed by atoms with van der Waals surface area (Å²) in [6.45, 7) is 4.69. The van der Waals surface area contributed by atoms with Crippen molar-refractivity contribution < 1.29 is 49.0 Å². The van der Waals surface area contributed by atoms with Crippen molar-refractivity contribution in [2.75, 3.05) is 19.8 Å². The molecule has 0 spiro atoms. The van der Waals surface area contributed by atoms with Crippen molar-refractivity contribution in [3.05, 3.63) is 49.1 Å². The van der Waals surface area contributed by atoms with E-state index in [9.17, 15) is 30.0 Å². The molecule has 1 saturated heterocycles. The summed E-state index contributed by atoms with van der Waals surface area (Å²) in [5.41, 5.74) is 0. The van der Waals surface area contributed by atoms with Crippen LogP contribution in [0, 0.1) is 0 Å². The fourth-order valence-corrected chi connectivity index (χ4v) is 5.02. The van der Waals surface area contributed by atoms with Gasteiger partial charge < -0.3 is 39.4 Å². The van der Waals surface area contributed by atoms with Crippen LogP contribution in [0.4, 0.5) is 0 Å². The highest BCUT2D eigenvalue weighted by molar-refractivity contribution is 5.70. The third-order valence-corrected chi connectivity index (χ3v) is 7.84. The van der Waals surface area contributed by atoms with E-state index in [0.717, 1.165) is 83.5 Å². The largest absolute Gasteiger partial charge is 0.462 e. The van der Waals surface area contributed by atoms with Crippen molar-refractivity contribution in [1.29, 1.82) is 0 Å². The van der Waals surface area contributed by atoms with Gasteiger partial charge in [0.1, 0.15) is 31.0 Å². The van der Waals surface area contributed by atoms with Crippen molar-refractivity contribution in [2.24, 2.45) is 0 Å². The number of carbonyl (C=O) groups excluding carboxylic acids is 2. The second-order valence-corrected chi connectivity index (χ2v) is 12.0. The molecule has 1 fully saturated rings. The van der Waals surface area contributed by atoms with Crippen LogP contribution in [0.15, 0.2) is 49.1 Å². The number of carbonyl (C=O) groups is 2. The van der Waals surface area contributed by atoms with E-state index in [4.69, 9.17) is 18.9 Å². The van der Waals surface area contributed by atoms with Gasteiger partial charge in [0.2, 0.25) is 0 Å². The van der Waals surface area contributed by atoms with Gasteiger partial charge in [-0.2, -0.15) is 0 Å². The lowest BCUT2D eigenvalue weighted by Gasteiger charge is -2.39. The summed E-state index contributed by atoms with van der Waals surface area (Å²) in [4.78, 5) is 25.0. The summed E-state index contributed by atoms with van der Waals surface area (Å²) in [7, 11) is 0. The summed E-state index contributed by atoms with van der Waals surface area (Å²) in [6.07, 6.45) is 21.8. The molecule has 0 unspecified atom stereocenters. The number of allylic oxidation sites excluding steroid dienone is 7. The van der Waals surface area contributed by atoms with Crippen molar-refractivity contribution in [2.45, 2.75) is 153 Å². The molecule has 4 N–H and O–H groups in total. The molecule has 0 aromatic heterocycles. The average Bonchev–Trinajstić information content (AvgIpc) is 3.06. The van der Waals surface area contributed by atoms with E-state index in [1.807, 2.05) is 6.08 Å². The van der Waals surface area contributed by atoms with Gasteiger partial charge in [0, 0.05) is 12.8 Å². The van der Waals surface area contributed by atoms with Crippen molar-refractivity contribution in [3.63, 3.8) is 0 Å². The van der Waals surface area contributed by atoms with Crippen LogP contribution in [0.2, 0.25) is 0 Å². The van der Waals surface area contributed by atoms with Gasteiger partial charge in [-0.15, -0.1) is 6.58 Å². The zero-order chi connectivity index (χ0) is 34.5. The molecule has 0 radical (unpaired) electrons. The van der Waals surface area contributed by atoms with E-state index in [2.05, 4.69) is 50.0 Å². The van der Waals surface area contributed by atoms with Crippen LogP contribution in [0.1, 0.15) is 116 Å². The van der Waals surface area contributed by atoms with Gasteiger partial charge in [-0.05, 0) is 57.8 Å². The number of unbranched alkanes of at least 4 members (excludes halogenated alkanes) is 10. The van der Waals surface area contributed by atoms with Gasteiger partial charge in [-0.25, -0.2) is 0 Å². The minimum Gasteiger partial charge on any atom is -0.462 e. The third-order valence-electron chi connectivity index (χ3n) is 7.84. The van der Waals surface area contributed by atoms with Crippen LogP contribution in [-0.2, 0) is 28.5 Å². The topological polar surface area (TPSA) is 152 Å². The maximum atomic E-state index is 12.6. The van der Waals surface area contributed by atoms with E-state index >= 15 is 0 Å². The Morgan fingerprint density at radius 3 is 1.94 bits per heavy atom. The number of esters is 2. The molecule has 6 atom stereocenters. The highest BCUT2D eigenvalue weighted by Gasteiger charge is 2.44. The zero-order valence-corrected chi connectivity index (χ0v) is 28.6. The monoisotopic (exact) mass is 666 g/mol. The highest BCUT2D eigenvalue weighted by atomic mass is 16.7. The molecule has 0 saturated carbocycles. The number of rotatable bonds is 28. The smallest absolute Gasteiger partial charge is 0.306 e. The molecule has 1 aliphatic rings. The van der Waals surface area contributed by atoms with E-state index < -0.39 is 55.4 Å². The Morgan fingerprint density at radius 1 is 0.723 bits per heavy atom. The molecule has 1 rings (SSSR count). The molecule has 0 aliphatic carbocycles. The minimum atomic E-state index is -1.60. The number of hydrogen-bond acceptors (Lipinski definition) is 10. The highest BCUT2D eigenvalue weighted by Crippen LogP contribution is 2.22. The maximum absolute atomic E-state index is 12.6. The average molecular weight is 667 g/mol. The Morgan fingerprint density at radius 2 is 1.30 bits per heavy atom. The van der Waals surface area contributed by atoms with Crippen molar-refractivity contribution in [1.82, 2.24) is 0 Å². The fourth-order valence-electron chi connectivity index (χ4n) is 5.02. The molecule has 270 valence electrons. The number of aliphatic hydroxyl groups is 4. The van der Waals surface area contributed by atoms with Crippen LogP contribution >= 0.6 is 0 Å². The molecule has 10 heteroatoms. The van der Waals surface area contributed by atoms with Gasteiger partial charge in [0.25, 0.3) is 0 Å². The first-order valence-corrected chi connectivity index (χ1v) is 17.7. The Kier molecular flexibility index (Phi) is 26.0. The van der Waals surface area contributed by atoms with Crippen LogP contribution in [-0.4, -0.2) is 89.0 Å². The summed E-state index contributed by atoms with van der Waals surface area (Å²) < 4.78 is 21.9. The molecule has 10 nitrogen and oxygen atoms in total. The third kappa shape index (κ3) is 21.3. The van der Waals surface area contributed by atoms with Gasteiger partial charge in [-0.3, -0.25) is 9.59 Å². The van der Waals surface area contributed by atoms with Gasteiger partial charge >= 0.3 is 11.9 Å². The lowest BCUT2D eigenvalue weighted by Crippen LogP contribution is -2.59. The first-order chi connectivity index (χ1) is 22.8. The summed E-state index contributed by atoms with van der Waals surface area (Å²) in [5.74, 6) is -0.853. The Bertz CT molecular complexity index is 900. The first kappa shape index (κ1) is 42.7. The van der Waals surface area contributed by atoms with Gasteiger partial charge in [0.05, 0.1) is 13.2 Å². The molecule has 1 aliphatic heterocycles. The normalized spacial score (nSPS) is 22.3. The quantitative estimate of drug-likeness (QED) is 0.0461. The minimum absolute atomic E-state index is 0.211. The predicted octanol–water partition coefficient (Wildman–Crippen LogP) is 5.76. The summed E-state index contributed by atoms with van der Waals surface area (Å²) in [6, 6.07) is 0. The SMILES string of the molecule is C=CC/C=C/C/C=C\CCCCCCCC(=O)OC[C@H](CO[C@@H]1O[C@H](CO)[C@H](O)[C@H](O)[C@H]1O)OC(=O)CCCCCCC/C=C/CC. The van der Waals surface area contributed by atoms with Crippen LogP contribution in [0.5, 0.6) is 0 Å². The lowest BCUT2D eigenvalue weighted by atomic mass is 9.99. The Hall–Kier alpha value is -2.34. The molecular weight excluding hydrogens is 604 g/mol. The lowest BCUT2D eigenvalue weighted by molar-refractivity contribution is -0.305. The molecule has 0 amide bonds. The number of ether oxygens (including phenoxy) is 4. The summed E-state index contributed by atoms with van der Waals surface area (Å²) >= 11 is 0. The van der Waals surface area contributed by atoms with Crippen molar-refractivity contribution >= 4 is 11.9 Å². The van der Waals surface area contributed by atoms with Gasteiger partial charge in [0.15, 0.2) is 12.4 Å². The molecule has 0 aromatic rings. The second kappa shape index (κ2) is 28.7. The second-order valence-electron chi connectivity index (χ2n) is 12.0. The molecule has 0 bridgehead atoms. The Balaban J connectivity index is 2.44. The molecule has 1 heterocycles. The van der Waals surface area contributed by atoms with Crippen LogP contribution in [0.25, 0.3) is 0 Å². The van der Waals surface area contributed by atoms with Gasteiger partial charge in [-0.1, -0.05) is 88.0 Å². The first-order valence-electron chi connectivity index (χ1n) is 17.7. The number of hydrogen-bond donors (Lipinski definition) is 4. The van der Waals surface area contributed by atoms with E-state index in [0.29, 0.717) is 12.8 Å². The van der Waals surface area contributed by atoms with E-state index in [1.165, 1.54) is 0 Å². The van der Waals surface area contributed by atoms with Crippen LogP contribution in [0.3, 0.4) is 0 Å². The Labute approximate surface area is 282 Å². The van der Waals surface area contributed by atoms with Crippen LogP contribution < -0.4 is 0 Å². The molecular formula is C37H62O10. The number of aliphatic hydroxyl groups excluding tert-OH is 4. The zero-order valence-electron chi connectivity index (χ0n) is 28.6. The predicted molar refractivity (Wildman–Crippen MR) is 182 cm³/mol. The molecule has 0 aromatic carbocycles. The summed E-state index contributed by atoms with van der Waals surface area (Å²) in [5, 5.41) is 39.8. The van der Waals surface area contributed by atoms with E-state index in [-0.39, 0.29) is 26.1 Å². The fraction of sp³-hybridized carbons (Fsp3) is 0.730.